The molecule has 0 saturated heterocycles. The minimum absolute atomic E-state index is 0.181. The summed E-state index contributed by atoms with van der Waals surface area (Å²) in [7, 11) is 0. The van der Waals surface area contributed by atoms with Crippen LogP contribution in [0.15, 0.2) is 78.6 Å². The van der Waals surface area contributed by atoms with E-state index in [0.29, 0.717) is 0 Å². The molecule has 1 atom stereocenters. The molecule has 1 N–H and O–H groups in total. The maximum Gasteiger partial charge on any atom is 0.0704 e. The van der Waals surface area contributed by atoms with Crippen molar-refractivity contribution in [1.82, 2.24) is 5.32 Å². The van der Waals surface area contributed by atoms with Crippen LogP contribution < -0.4 is 5.32 Å². The largest absolute Gasteiger partial charge is 0.381 e. The fourth-order valence-corrected chi connectivity index (χ4v) is 2.42. The van der Waals surface area contributed by atoms with Gasteiger partial charge in [0.05, 0.1) is 6.04 Å². The summed E-state index contributed by atoms with van der Waals surface area (Å²) in [6, 6.07) is 8.83. The Morgan fingerprint density at radius 1 is 1.24 bits per heavy atom. The number of nitrogens with one attached hydrogen (secondary N) is 1. The van der Waals surface area contributed by atoms with Crippen LogP contribution in [0.1, 0.15) is 25.0 Å². The quantitative estimate of drug-likeness (QED) is 0.768. The number of dihydropyridines is 1. The highest BCUT2D eigenvalue weighted by atomic mass is 14.9. The lowest BCUT2D eigenvalue weighted by Crippen LogP contribution is -2.27. The molecule has 0 aromatic heterocycles. The standard InChI is InChI=1S/C20H23N/c1-5-7-19(16(4)6-2)20-14-18(12-13-21-20)17-10-8-15(3)9-11-17/h5-14,20-21H,1H2,2-4H3/b16-6-,19-7+. The lowest BCUT2D eigenvalue weighted by molar-refractivity contribution is 0.793. The molecule has 1 nitrogen and oxygen atoms in total. The molecule has 1 unspecified atom stereocenters. The van der Waals surface area contributed by atoms with Gasteiger partial charge in [0.15, 0.2) is 0 Å². The topological polar surface area (TPSA) is 12.0 Å². The van der Waals surface area contributed by atoms with Gasteiger partial charge in [-0.2, -0.15) is 0 Å². The van der Waals surface area contributed by atoms with Crippen LogP contribution in [-0.4, -0.2) is 6.04 Å². The van der Waals surface area contributed by atoms with E-state index < -0.39 is 0 Å². The Balaban J connectivity index is 2.35. The first-order chi connectivity index (χ1) is 10.2. The van der Waals surface area contributed by atoms with Gasteiger partial charge in [0.25, 0.3) is 0 Å². The molecule has 0 fully saturated rings. The van der Waals surface area contributed by atoms with Gasteiger partial charge in [0.1, 0.15) is 0 Å². The van der Waals surface area contributed by atoms with Crippen LogP contribution in [0, 0.1) is 6.92 Å². The average Bonchev–Trinajstić information content (AvgIpc) is 2.52. The fraction of sp³-hybridized carbons (Fsp3) is 0.200. The molecule has 1 aliphatic rings. The van der Waals surface area contributed by atoms with Crippen molar-refractivity contribution in [2.45, 2.75) is 26.8 Å². The van der Waals surface area contributed by atoms with E-state index in [-0.39, 0.29) is 6.04 Å². The summed E-state index contributed by atoms with van der Waals surface area (Å²) < 4.78 is 0. The second kappa shape index (κ2) is 6.94. The summed E-state index contributed by atoms with van der Waals surface area (Å²) >= 11 is 0. The second-order valence-electron chi connectivity index (χ2n) is 5.30. The first kappa shape index (κ1) is 15.1. The monoisotopic (exact) mass is 277 g/mol. The van der Waals surface area contributed by atoms with Gasteiger partial charge in [-0.05, 0) is 61.4 Å². The van der Waals surface area contributed by atoms with E-state index in [0.717, 1.165) is 0 Å². The highest BCUT2D eigenvalue weighted by molar-refractivity contribution is 5.76. The van der Waals surface area contributed by atoms with E-state index in [9.17, 15) is 0 Å². The van der Waals surface area contributed by atoms with Crippen LogP contribution in [0.3, 0.4) is 0 Å². The Bertz CT molecular complexity index is 624. The van der Waals surface area contributed by atoms with E-state index in [1.807, 2.05) is 12.3 Å². The molecule has 0 saturated carbocycles. The number of benzene rings is 1. The lowest BCUT2D eigenvalue weighted by Gasteiger charge is -2.23. The smallest absolute Gasteiger partial charge is 0.0704 e. The second-order valence-corrected chi connectivity index (χ2v) is 5.30. The Morgan fingerprint density at radius 3 is 2.57 bits per heavy atom. The van der Waals surface area contributed by atoms with Crippen LogP contribution in [0.25, 0.3) is 5.57 Å². The summed E-state index contributed by atoms with van der Waals surface area (Å²) in [5.74, 6) is 0. The molecule has 1 heterocycles. The lowest BCUT2D eigenvalue weighted by atomic mass is 9.93. The molecule has 0 bridgehead atoms. The van der Waals surface area contributed by atoms with Gasteiger partial charge in [-0.3, -0.25) is 0 Å². The highest BCUT2D eigenvalue weighted by Crippen LogP contribution is 2.24. The van der Waals surface area contributed by atoms with Gasteiger partial charge in [-0.25, -0.2) is 0 Å². The van der Waals surface area contributed by atoms with Crippen molar-refractivity contribution in [2.75, 3.05) is 0 Å². The number of allylic oxidation sites excluding steroid dienone is 5. The summed E-state index contributed by atoms with van der Waals surface area (Å²) in [4.78, 5) is 0. The van der Waals surface area contributed by atoms with E-state index in [1.54, 1.807) is 0 Å². The Hall–Kier alpha value is -2.28. The van der Waals surface area contributed by atoms with Crippen LogP contribution >= 0.6 is 0 Å². The maximum atomic E-state index is 3.83. The van der Waals surface area contributed by atoms with Crippen LogP contribution in [-0.2, 0) is 0 Å². The SMILES string of the molecule is C=C/C=C(\C(C)=C/C)C1C=C(c2ccc(C)cc2)C=CN1. The molecular weight excluding hydrogens is 254 g/mol. The van der Waals surface area contributed by atoms with Gasteiger partial charge in [0, 0.05) is 0 Å². The van der Waals surface area contributed by atoms with E-state index in [2.05, 4.69) is 81.2 Å². The van der Waals surface area contributed by atoms with Crippen molar-refractivity contribution in [1.29, 1.82) is 0 Å². The minimum atomic E-state index is 0.181. The predicted octanol–water partition coefficient (Wildman–Crippen LogP) is 4.94. The zero-order valence-electron chi connectivity index (χ0n) is 13.1. The van der Waals surface area contributed by atoms with Crippen molar-refractivity contribution in [3.8, 4) is 0 Å². The third kappa shape index (κ3) is 3.63. The van der Waals surface area contributed by atoms with E-state index >= 15 is 0 Å². The summed E-state index contributed by atoms with van der Waals surface area (Å²) in [5.41, 5.74) is 6.30. The van der Waals surface area contributed by atoms with Crippen LogP contribution in [0.4, 0.5) is 0 Å². The van der Waals surface area contributed by atoms with Gasteiger partial charge in [0.2, 0.25) is 0 Å². The summed E-state index contributed by atoms with van der Waals surface area (Å²) in [6.07, 6.45) is 12.5. The zero-order chi connectivity index (χ0) is 15.2. The van der Waals surface area contributed by atoms with Gasteiger partial charge in [-0.15, -0.1) is 0 Å². The van der Waals surface area contributed by atoms with Crippen LogP contribution in [0.2, 0.25) is 0 Å². The molecule has 0 spiro atoms. The molecular formula is C20H23N. The number of hydrogen-bond acceptors (Lipinski definition) is 1. The van der Waals surface area contributed by atoms with Crippen molar-refractivity contribution in [3.05, 3.63) is 89.7 Å². The Morgan fingerprint density at radius 2 is 1.95 bits per heavy atom. The molecule has 1 aromatic carbocycles. The molecule has 2 rings (SSSR count). The Labute approximate surface area is 128 Å². The number of aryl methyl sites for hydroxylation is 1. The van der Waals surface area contributed by atoms with Crippen molar-refractivity contribution in [2.24, 2.45) is 0 Å². The summed E-state index contributed by atoms with van der Waals surface area (Å²) in [5, 5.41) is 3.42. The maximum absolute atomic E-state index is 3.83. The van der Waals surface area contributed by atoms with E-state index in [4.69, 9.17) is 0 Å². The fourth-order valence-electron chi connectivity index (χ4n) is 2.42. The van der Waals surface area contributed by atoms with Gasteiger partial charge < -0.3 is 5.32 Å². The molecule has 108 valence electrons. The average molecular weight is 277 g/mol. The third-order valence-corrected chi connectivity index (χ3v) is 3.79. The van der Waals surface area contributed by atoms with Crippen molar-refractivity contribution in [3.63, 3.8) is 0 Å². The Kier molecular flexibility index (Phi) is 4.99. The number of rotatable bonds is 4. The summed E-state index contributed by atoms with van der Waals surface area (Å²) in [6.45, 7) is 10.1. The third-order valence-electron chi connectivity index (χ3n) is 3.79. The van der Waals surface area contributed by atoms with Crippen LogP contribution in [0.5, 0.6) is 0 Å². The molecule has 0 radical (unpaired) electrons. The minimum Gasteiger partial charge on any atom is -0.381 e. The number of hydrogen-bond donors (Lipinski definition) is 1. The zero-order valence-corrected chi connectivity index (χ0v) is 13.1. The van der Waals surface area contributed by atoms with E-state index in [1.165, 1.54) is 27.8 Å². The van der Waals surface area contributed by atoms with Gasteiger partial charge in [-0.1, -0.05) is 54.6 Å². The molecule has 0 aliphatic carbocycles. The molecule has 1 aliphatic heterocycles. The predicted molar refractivity (Wildman–Crippen MR) is 92.9 cm³/mol. The first-order valence-corrected chi connectivity index (χ1v) is 7.33. The highest BCUT2D eigenvalue weighted by Gasteiger charge is 2.15. The molecule has 1 heteroatoms. The van der Waals surface area contributed by atoms with Crippen molar-refractivity contribution < 1.29 is 0 Å². The van der Waals surface area contributed by atoms with Gasteiger partial charge >= 0.3 is 0 Å². The molecule has 1 aromatic rings. The normalized spacial score (nSPS) is 19.0. The van der Waals surface area contributed by atoms with Crippen molar-refractivity contribution >= 4 is 5.57 Å². The first-order valence-electron chi connectivity index (χ1n) is 7.33. The molecule has 21 heavy (non-hydrogen) atoms. The molecule has 0 amide bonds.